The van der Waals surface area contributed by atoms with Gasteiger partial charge in [0.1, 0.15) is 11.6 Å². The molecule has 2 aromatic rings. The maximum atomic E-state index is 13.1. The molecule has 23 heavy (non-hydrogen) atoms. The SMILES string of the molecule is CC(C)CC(=O)Nc1c2c(nn1-c1ccc(F)cc1)C[S@@](=O)C2. The molecule has 1 aliphatic heterocycles. The Morgan fingerprint density at radius 1 is 1.35 bits per heavy atom. The maximum absolute atomic E-state index is 13.1. The Kier molecular flexibility index (Phi) is 4.30. The highest BCUT2D eigenvalue weighted by Gasteiger charge is 2.28. The lowest BCUT2D eigenvalue weighted by Gasteiger charge is -2.12. The molecule has 0 spiro atoms. The van der Waals surface area contributed by atoms with Crippen molar-refractivity contribution in [3.63, 3.8) is 0 Å². The first-order valence-corrected chi connectivity index (χ1v) is 8.94. The van der Waals surface area contributed by atoms with Crippen molar-refractivity contribution in [2.24, 2.45) is 5.92 Å². The molecule has 2 heterocycles. The van der Waals surface area contributed by atoms with E-state index in [0.717, 1.165) is 11.3 Å². The summed E-state index contributed by atoms with van der Waals surface area (Å²) in [4.78, 5) is 12.2. The number of amides is 1. The Labute approximate surface area is 136 Å². The molecule has 0 saturated heterocycles. The molecule has 1 aromatic carbocycles. The van der Waals surface area contributed by atoms with Crippen molar-refractivity contribution in [3.05, 3.63) is 41.3 Å². The van der Waals surface area contributed by atoms with E-state index in [9.17, 15) is 13.4 Å². The summed E-state index contributed by atoms with van der Waals surface area (Å²) in [7, 11) is -0.980. The van der Waals surface area contributed by atoms with Gasteiger partial charge in [-0.15, -0.1) is 0 Å². The normalized spacial score (nSPS) is 16.6. The van der Waals surface area contributed by atoms with Crippen LogP contribution in [0.5, 0.6) is 0 Å². The zero-order valence-corrected chi connectivity index (χ0v) is 13.8. The molecule has 3 rings (SSSR count). The summed E-state index contributed by atoms with van der Waals surface area (Å²) in [5.41, 5.74) is 2.20. The van der Waals surface area contributed by atoms with E-state index in [4.69, 9.17) is 0 Å². The molecule has 1 amide bonds. The van der Waals surface area contributed by atoms with Gasteiger partial charge in [-0.1, -0.05) is 13.8 Å². The van der Waals surface area contributed by atoms with Crippen LogP contribution in [0.15, 0.2) is 24.3 Å². The summed E-state index contributed by atoms with van der Waals surface area (Å²) in [5, 5.41) is 7.35. The Bertz CT molecular complexity index is 768. The smallest absolute Gasteiger partial charge is 0.225 e. The summed E-state index contributed by atoms with van der Waals surface area (Å²) in [6, 6.07) is 5.90. The second kappa shape index (κ2) is 6.23. The molecule has 0 fully saturated rings. The van der Waals surface area contributed by atoms with Crippen LogP contribution >= 0.6 is 0 Å². The molecular formula is C16H18FN3O2S. The van der Waals surface area contributed by atoms with E-state index in [0.29, 0.717) is 29.4 Å². The van der Waals surface area contributed by atoms with Gasteiger partial charge in [0.15, 0.2) is 0 Å². The Morgan fingerprint density at radius 2 is 2.04 bits per heavy atom. The van der Waals surface area contributed by atoms with Crippen molar-refractivity contribution >= 4 is 22.5 Å². The van der Waals surface area contributed by atoms with Crippen LogP contribution in [0, 0.1) is 11.7 Å². The molecule has 0 unspecified atom stereocenters. The number of carbonyl (C=O) groups excluding carboxylic acids is 1. The number of benzene rings is 1. The predicted octanol–water partition coefficient (Wildman–Crippen LogP) is 2.76. The van der Waals surface area contributed by atoms with E-state index in [-0.39, 0.29) is 17.6 Å². The second-order valence-corrected chi connectivity index (χ2v) is 7.49. The fraction of sp³-hybridized carbons (Fsp3) is 0.375. The average molecular weight is 335 g/mol. The van der Waals surface area contributed by atoms with Crippen molar-refractivity contribution in [2.75, 3.05) is 5.32 Å². The van der Waals surface area contributed by atoms with Crippen LogP contribution in [0.25, 0.3) is 5.69 Å². The Hall–Kier alpha value is -2.02. The fourth-order valence-corrected chi connectivity index (χ4v) is 3.84. The maximum Gasteiger partial charge on any atom is 0.225 e. The highest BCUT2D eigenvalue weighted by molar-refractivity contribution is 7.83. The number of aromatic nitrogens is 2. The van der Waals surface area contributed by atoms with Gasteiger partial charge in [0.2, 0.25) is 5.91 Å². The molecule has 7 heteroatoms. The minimum Gasteiger partial charge on any atom is -0.310 e. The third kappa shape index (κ3) is 3.34. The van der Waals surface area contributed by atoms with Crippen molar-refractivity contribution in [3.8, 4) is 5.69 Å². The highest BCUT2D eigenvalue weighted by Crippen LogP contribution is 2.31. The molecule has 0 bridgehead atoms. The minimum absolute atomic E-state index is 0.108. The Balaban J connectivity index is 1.99. The third-order valence-corrected chi connectivity index (χ3v) is 4.80. The van der Waals surface area contributed by atoms with Crippen molar-refractivity contribution in [2.45, 2.75) is 31.8 Å². The number of carbonyl (C=O) groups is 1. The van der Waals surface area contributed by atoms with Gasteiger partial charge in [-0.25, -0.2) is 9.07 Å². The van der Waals surface area contributed by atoms with E-state index >= 15 is 0 Å². The Morgan fingerprint density at radius 3 is 2.70 bits per heavy atom. The quantitative estimate of drug-likeness (QED) is 0.934. The van der Waals surface area contributed by atoms with Gasteiger partial charge in [-0.05, 0) is 30.2 Å². The summed E-state index contributed by atoms with van der Waals surface area (Å²) < 4.78 is 26.5. The number of anilines is 1. The van der Waals surface area contributed by atoms with Crippen LogP contribution in [0.2, 0.25) is 0 Å². The number of hydrogen-bond acceptors (Lipinski definition) is 3. The van der Waals surface area contributed by atoms with Crippen molar-refractivity contribution in [1.29, 1.82) is 0 Å². The van der Waals surface area contributed by atoms with Gasteiger partial charge >= 0.3 is 0 Å². The van der Waals surface area contributed by atoms with Crippen LogP contribution in [-0.4, -0.2) is 19.9 Å². The van der Waals surface area contributed by atoms with Crippen molar-refractivity contribution in [1.82, 2.24) is 9.78 Å². The summed E-state index contributed by atoms with van der Waals surface area (Å²) in [6.45, 7) is 3.94. The topological polar surface area (TPSA) is 64.0 Å². The number of nitrogens with one attached hydrogen (secondary N) is 1. The van der Waals surface area contributed by atoms with Crippen LogP contribution in [0.1, 0.15) is 31.5 Å². The van der Waals surface area contributed by atoms with Gasteiger partial charge in [-0.2, -0.15) is 5.10 Å². The molecular weight excluding hydrogens is 317 g/mol. The first-order valence-electron chi connectivity index (χ1n) is 7.45. The number of rotatable bonds is 4. The number of fused-ring (bicyclic) bond motifs is 1. The van der Waals surface area contributed by atoms with E-state index in [1.807, 2.05) is 13.8 Å². The fourth-order valence-electron chi connectivity index (χ4n) is 2.58. The average Bonchev–Trinajstić information content (AvgIpc) is 2.97. The lowest BCUT2D eigenvalue weighted by atomic mass is 10.1. The largest absolute Gasteiger partial charge is 0.310 e. The predicted molar refractivity (Wildman–Crippen MR) is 87.2 cm³/mol. The summed E-state index contributed by atoms with van der Waals surface area (Å²) >= 11 is 0. The molecule has 5 nitrogen and oxygen atoms in total. The van der Waals surface area contributed by atoms with Gasteiger partial charge in [0, 0.05) is 22.8 Å². The number of hydrogen-bond donors (Lipinski definition) is 1. The molecule has 122 valence electrons. The van der Waals surface area contributed by atoms with E-state index in [1.165, 1.54) is 12.1 Å². The molecule has 0 radical (unpaired) electrons. The molecule has 0 saturated carbocycles. The third-order valence-electron chi connectivity index (χ3n) is 3.59. The van der Waals surface area contributed by atoms with Crippen molar-refractivity contribution < 1.29 is 13.4 Å². The highest BCUT2D eigenvalue weighted by atomic mass is 32.2. The summed E-state index contributed by atoms with van der Waals surface area (Å²) in [5.74, 6) is 1.11. The first kappa shape index (κ1) is 15.9. The molecule has 1 aromatic heterocycles. The zero-order chi connectivity index (χ0) is 16.6. The monoisotopic (exact) mass is 335 g/mol. The molecule has 1 aliphatic rings. The van der Waals surface area contributed by atoms with Gasteiger partial charge < -0.3 is 5.32 Å². The standard InChI is InChI=1S/C16H18FN3O2S/c1-10(2)7-15(21)18-16-13-8-23(22)9-14(13)19-20(16)12-5-3-11(17)4-6-12/h3-6,10H,7-9H2,1-2H3,(H,18,21)/t23-/m0/s1. The van der Waals surface area contributed by atoms with E-state index < -0.39 is 10.8 Å². The van der Waals surface area contributed by atoms with Gasteiger partial charge in [-0.3, -0.25) is 9.00 Å². The minimum atomic E-state index is -0.980. The number of nitrogens with zero attached hydrogens (tertiary/aromatic N) is 2. The van der Waals surface area contributed by atoms with Crippen LogP contribution in [0.4, 0.5) is 10.2 Å². The lowest BCUT2D eigenvalue weighted by molar-refractivity contribution is -0.116. The second-order valence-electron chi connectivity index (χ2n) is 6.04. The number of halogens is 1. The molecule has 1 atom stereocenters. The van der Waals surface area contributed by atoms with Crippen LogP contribution < -0.4 is 5.32 Å². The zero-order valence-electron chi connectivity index (χ0n) is 13.0. The first-order chi connectivity index (χ1) is 10.9. The van der Waals surface area contributed by atoms with E-state index in [1.54, 1.807) is 16.8 Å². The van der Waals surface area contributed by atoms with Crippen LogP contribution in [-0.2, 0) is 27.1 Å². The molecule has 0 aliphatic carbocycles. The van der Waals surface area contributed by atoms with Crippen LogP contribution in [0.3, 0.4) is 0 Å². The van der Waals surface area contributed by atoms with Gasteiger partial charge in [0.05, 0.1) is 22.9 Å². The lowest BCUT2D eigenvalue weighted by Crippen LogP contribution is -2.17. The van der Waals surface area contributed by atoms with E-state index in [2.05, 4.69) is 10.4 Å². The summed E-state index contributed by atoms with van der Waals surface area (Å²) in [6.07, 6.45) is 0.395. The molecule has 1 N–H and O–H groups in total. The van der Waals surface area contributed by atoms with Gasteiger partial charge in [0.25, 0.3) is 0 Å².